The molecule has 32 heavy (non-hydrogen) atoms. The third-order valence-electron chi connectivity index (χ3n) is 6.19. The predicted octanol–water partition coefficient (Wildman–Crippen LogP) is 1.94. The molecule has 2 aromatic heterocycles. The maximum Gasteiger partial charge on any atom is 0.322 e. The number of fused-ring (bicyclic) bond motifs is 1. The van der Waals surface area contributed by atoms with E-state index in [0.29, 0.717) is 31.0 Å². The maximum absolute atomic E-state index is 11.9. The minimum absolute atomic E-state index is 0.0200. The molecule has 0 unspecified atom stereocenters. The molecule has 1 aromatic carbocycles. The van der Waals surface area contributed by atoms with E-state index in [1.807, 2.05) is 18.2 Å². The molecule has 2 aliphatic rings. The fourth-order valence-corrected chi connectivity index (χ4v) is 4.38. The van der Waals surface area contributed by atoms with Gasteiger partial charge in [-0.1, -0.05) is 12.1 Å². The van der Waals surface area contributed by atoms with Crippen molar-refractivity contribution in [2.24, 2.45) is 5.92 Å². The lowest BCUT2D eigenvalue weighted by Gasteiger charge is -2.29. The van der Waals surface area contributed by atoms with Crippen molar-refractivity contribution in [3.63, 3.8) is 0 Å². The second-order valence-corrected chi connectivity index (χ2v) is 8.18. The van der Waals surface area contributed by atoms with Crippen molar-refractivity contribution in [1.82, 2.24) is 30.5 Å². The maximum atomic E-state index is 11.9. The van der Waals surface area contributed by atoms with E-state index in [9.17, 15) is 4.79 Å². The Balaban J connectivity index is 1.44. The van der Waals surface area contributed by atoms with E-state index in [-0.39, 0.29) is 17.9 Å². The molecule has 0 spiro atoms. The highest BCUT2D eigenvalue weighted by Crippen LogP contribution is 2.30. The summed E-state index contributed by atoms with van der Waals surface area (Å²) in [6, 6.07) is 6.22. The summed E-state index contributed by atoms with van der Waals surface area (Å²) in [6.07, 6.45) is 4.95. The second kappa shape index (κ2) is 9.07. The van der Waals surface area contributed by atoms with Crippen LogP contribution in [0.2, 0.25) is 0 Å². The summed E-state index contributed by atoms with van der Waals surface area (Å²) in [4.78, 5) is 28.1. The topological polar surface area (TPSA) is 118 Å². The molecule has 0 bridgehead atoms. The highest BCUT2D eigenvalue weighted by Gasteiger charge is 2.28. The Hall–Kier alpha value is -3.27. The lowest BCUT2D eigenvalue weighted by Crippen LogP contribution is -2.37. The number of rotatable bonds is 5. The van der Waals surface area contributed by atoms with Crippen molar-refractivity contribution in [3.8, 4) is 17.4 Å². The van der Waals surface area contributed by atoms with Gasteiger partial charge in [0.2, 0.25) is 11.9 Å². The lowest BCUT2D eigenvalue weighted by atomic mass is 9.87. The van der Waals surface area contributed by atoms with Gasteiger partial charge in [0.1, 0.15) is 6.10 Å². The van der Waals surface area contributed by atoms with Crippen LogP contribution in [-0.2, 0) is 9.53 Å². The number of nitrogens with zero attached hydrogens (tertiary/aromatic N) is 5. The van der Waals surface area contributed by atoms with Gasteiger partial charge >= 0.3 is 6.01 Å². The molecule has 0 radical (unpaired) electrons. The van der Waals surface area contributed by atoms with E-state index in [4.69, 9.17) is 14.5 Å². The van der Waals surface area contributed by atoms with Crippen molar-refractivity contribution >= 4 is 22.8 Å². The highest BCUT2D eigenvalue weighted by molar-refractivity contribution is 5.92. The Morgan fingerprint density at radius 2 is 1.97 bits per heavy atom. The van der Waals surface area contributed by atoms with Crippen LogP contribution in [0.25, 0.3) is 22.3 Å². The predicted molar refractivity (Wildman–Crippen MR) is 118 cm³/mol. The molecule has 3 heterocycles. The van der Waals surface area contributed by atoms with Gasteiger partial charge in [0.15, 0.2) is 5.82 Å². The number of anilines is 1. The first-order chi connectivity index (χ1) is 15.7. The second-order valence-electron chi connectivity index (χ2n) is 8.18. The minimum atomic E-state index is -0.0200. The molecule has 3 aromatic rings. The van der Waals surface area contributed by atoms with Crippen molar-refractivity contribution in [2.75, 3.05) is 38.3 Å². The first-order valence-electron chi connectivity index (χ1n) is 11.1. The molecule has 2 N–H and O–H groups in total. The number of ether oxygens (including phenoxy) is 2. The van der Waals surface area contributed by atoms with Crippen molar-refractivity contribution in [2.45, 2.75) is 31.8 Å². The van der Waals surface area contributed by atoms with Gasteiger partial charge in [-0.05, 0) is 31.7 Å². The van der Waals surface area contributed by atoms with Gasteiger partial charge in [0.05, 0.1) is 24.9 Å². The van der Waals surface area contributed by atoms with E-state index >= 15 is 0 Å². The summed E-state index contributed by atoms with van der Waals surface area (Å²) in [5.41, 5.74) is 1.80. The molecule has 1 saturated carbocycles. The van der Waals surface area contributed by atoms with Gasteiger partial charge in [-0.2, -0.15) is 20.1 Å². The number of hydrogen-bond acceptors (Lipinski definition) is 8. The third kappa shape index (κ3) is 4.22. The highest BCUT2D eigenvalue weighted by atomic mass is 16.5. The Labute approximate surface area is 185 Å². The number of carbonyl (C=O) groups excluding carboxylic acids is 1. The average molecular weight is 438 g/mol. The first-order valence-corrected chi connectivity index (χ1v) is 11.1. The molecular formula is C22H27N7O3. The van der Waals surface area contributed by atoms with Crippen molar-refractivity contribution in [1.29, 1.82) is 0 Å². The number of benzene rings is 1. The largest absolute Gasteiger partial charge is 0.460 e. The number of amides is 1. The molecule has 10 heteroatoms. The molecule has 1 aliphatic heterocycles. The number of aromatic nitrogens is 5. The van der Waals surface area contributed by atoms with Crippen LogP contribution < -0.4 is 15.0 Å². The lowest BCUT2D eigenvalue weighted by molar-refractivity contribution is -0.125. The molecule has 10 nitrogen and oxygen atoms in total. The van der Waals surface area contributed by atoms with E-state index in [2.05, 4.69) is 30.4 Å². The zero-order chi connectivity index (χ0) is 21.9. The molecule has 1 amide bonds. The number of carbonyl (C=O) groups is 1. The summed E-state index contributed by atoms with van der Waals surface area (Å²) in [5.74, 6) is 1.31. The summed E-state index contributed by atoms with van der Waals surface area (Å²) < 4.78 is 11.7. The summed E-state index contributed by atoms with van der Waals surface area (Å²) >= 11 is 0. The van der Waals surface area contributed by atoms with Gasteiger partial charge in [0.25, 0.3) is 0 Å². The number of nitrogens with one attached hydrogen (secondary N) is 2. The standard InChI is InChI=1S/C22H27N7O3/c1-23-20(30)14-5-7-15(8-6-14)32-22-26-19(16-3-2-4-18-17(16)13-24-28-18)25-21(27-22)29-9-11-31-12-10-29/h2-4,13-15H,5-12H2,1H3,(H,23,30)(H,24,28)/t14-,15-. The molecule has 168 valence electrons. The third-order valence-corrected chi connectivity index (χ3v) is 6.19. The minimum Gasteiger partial charge on any atom is -0.460 e. The molecule has 5 rings (SSSR count). The fourth-order valence-electron chi connectivity index (χ4n) is 4.38. The summed E-state index contributed by atoms with van der Waals surface area (Å²) in [6.45, 7) is 2.71. The van der Waals surface area contributed by atoms with Gasteiger partial charge in [-0.15, -0.1) is 0 Å². The fraction of sp³-hybridized carbons (Fsp3) is 0.500. The number of aromatic amines is 1. The Kier molecular flexibility index (Phi) is 5.85. The molecule has 2 fully saturated rings. The zero-order valence-electron chi connectivity index (χ0n) is 18.1. The number of hydrogen-bond donors (Lipinski definition) is 2. The first kappa shape index (κ1) is 20.6. The Morgan fingerprint density at radius 3 is 2.75 bits per heavy atom. The molecule has 1 aliphatic carbocycles. The quantitative estimate of drug-likeness (QED) is 0.622. The van der Waals surface area contributed by atoms with Gasteiger partial charge in [-0.3, -0.25) is 9.89 Å². The zero-order valence-corrected chi connectivity index (χ0v) is 18.1. The average Bonchev–Trinajstić information content (AvgIpc) is 3.33. The Morgan fingerprint density at radius 1 is 1.16 bits per heavy atom. The van der Waals surface area contributed by atoms with Gasteiger partial charge in [-0.25, -0.2) is 0 Å². The van der Waals surface area contributed by atoms with E-state index in [0.717, 1.165) is 55.2 Å². The van der Waals surface area contributed by atoms with Crippen LogP contribution in [-0.4, -0.2) is 70.5 Å². The van der Waals surface area contributed by atoms with E-state index in [1.54, 1.807) is 13.2 Å². The molecule has 1 saturated heterocycles. The van der Waals surface area contributed by atoms with Crippen LogP contribution in [0, 0.1) is 5.92 Å². The van der Waals surface area contributed by atoms with Crippen LogP contribution >= 0.6 is 0 Å². The van der Waals surface area contributed by atoms with Gasteiger partial charge < -0.3 is 19.7 Å². The van der Waals surface area contributed by atoms with Gasteiger partial charge in [0, 0.05) is 37.0 Å². The van der Waals surface area contributed by atoms with Crippen LogP contribution in [0.5, 0.6) is 6.01 Å². The number of H-pyrrole nitrogens is 1. The molecule has 0 atom stereocenters. The Bertz CT molecular complexity index is 1090. The monoisotopic (exact) mass is 437 g/mol. The summed E-state index contributed by atoms with van der Waals surface area (Å²) in [7, 11) is 1.69. The van der Waals surface area contributed by atoms with E-state index < -0.39 is 0 Å². The van der Waals surface area contributed by atoms with Crippen molar-refractivity contribution in [3.05, 3.63) is 24.4 Å². The van der Waals surface area contributed by atoms with Crippen LogP contribution in [0.1, 0.15) is 25.7 Å². The van der Waals surface area contributed by atoms with E-state index in [1.165, 1.54) is 0 Å². The smallest absolute Gasteiger partial charge is 0.322 e. The van der Waals surface area contributed by atoms with Crippen molar-refractivity contribution < 1.29 is 14.3 Å². The molecular weight excluding hydrogens is 410 g/mol. The normalized spacial score (nSPS) is 21.5. The SMILES string of the molecule is CNC(=O)[C@H]1CC[C@H](Oc2nc(-c3cccc4[nH]ncc34)nc(N3CCOCC3)n2)CC1. The van der Waals surface area contributed by atoms with Crippen LogP contribution in [0.3, 0.4) is 0 Å². The number of morpholine rings is 1. The van der Waals surface area contributed by atoms with Crippen LogP contribution in [0.15, 0.2) is 24.4 Å². The van der Waals surface area contributed by atoms with Crippen LogP contribution in [0.4, 0.5) is 5.95 Å². The summed E-state index contributed by atoms with van der Waals surface area (Å²) in [5, 5.41) is 10.8.